The van der Waals surface area contributed by atoms with Crippen molar-refractivity contribution in [3.63, 3.8) is 0 Å². The Morgan fingerprint density at radius 3 is 2.64 bits per heavy atom. The molecular formula is C8H3F3N2O. The van der Waals surface area contributed by atoms with Gasteiger partial charge in [0.2, 0.25) is 0 Å². The van der Waals surface area contributed by atoms with Gasteiger partial charge in [0.25, 0.3) is 5.56 Å². The van der Waals surface area contributed by atoms with E-state index < -0.39 is 34.0 Å². The van der Waals surface area contributed by atoms with E-state index in [4.69, 9.17) is 0 Å². The third-order valence-electron chi connectivity index (χ3n) is 1.70. The summed E-state index contributed by atoms with van der Waals surface area (Å²) >= 11 is 0. The summed E-state index contributed by atoms with van der Waals surface area (Å²) in [6.45, 7) is 0. The summed E-state index contributed by atoms with van der Waals surface area (Å²) in [5.41, 5.74) is -1.68. The van der Waals surface area contributed by atoms with Gasteiger partial charge in [-0.3, -0.25) is 4.79 Å². The molecule has 0 aliphatic heterocycles. The summed E-state index contributed by atoms with van der Waals surface area (Å²) in [4.78, 5) is 16.1. The van der Waals surface area contributed by atoms with Crippen LogP contribution in [0.1, 0.15) is 0 Å². The summed E-state index contributed by atoms with van der Waals surface area (Å²) in [5.74, 6) is -3.69. The molecule has 0 radical (unpaired) electrons. The first-order chi connectivity index (χ1) is 6.59. The van der Waals surface area contributed by atoms with Crippen LogP contribution < -0.4 is 5.56 Å². The quantitative estimate of drug-likeness (QED) is 0.652. The molecule has 0 aliphatic rings. The summed E-state index contributed by atoms with van der Waals surface area (Å²) < 4.78 is 38.7. The van der Waals surface area contributed by atoms with E-state index in [1.165, 1.54) is 0 Å². The Morgan fingerprint density at radius 2 is 1.93 bits per heavy atom. The van der Waals surface area contributed by atoms with Gasteiger partial charge in [0.05, 0.1) is 6.20 Å². The summed E-state index contributed by atoms with van der Waals surface area (Å²) in [6, 6.07) is 0.378. The number of fused-ring (bicyclic) bond motifs is 1. The van der Waals surface area contributed by atoms with Gasteiger partial charge in [-0.2, -0.15) is 0 Å². The molecular weight excluding hydrogens is 197 g/mol. The van der Waals surface area contributed by atoms with Gasteiger partial charge < -0.3 is 4.98 Å². The fourth-order valence-corrected chi connectivity index (χ4v) is 1.10. The van der Waals surface area contributed by atoms with Crippen LogP contribution in [-0.4, -0.2) is 9.97 Å². The maximum absolute atomic E-state index is 13.0. The topological polar surface area (TPSA) is 45.8 Å². The first-order valence-corrected chi connectivity index (χ1v) is 3.62. The zero-order chi connectivity index (χ0) is 10.3. The maximum Gasteiger partial charge on any atom is 0.266 e. The fraction of sp³-hybridized carbons (Fsp3) is 0. The van der Waals surface area contributed by atoms with E-state index in [0.717, 1.165) is 6.20 Å². The molecule has 0 saturated heterocycles. The first kappa shape index (κ1) is 8.74. The normalized spacial score (nSPS) is 10.8. The number of aromatic amines is 1. The van der Waals surface area contributed by atoms with Gasteiger partial charge in [0, 0.05) is 6.07 Å². The molecule has 0 fully saturated rings. The summed E-state index contributed by atoms with van der Waals surface area (Å²) in [6.07, 6.45) is 0.794. The maximum atomic E-state index is 13.0. The Morgan fingerprint density at radius 1 is 1.21 bits per heavy atom. The van der Waals surface area contributed by atoms with Crippen LogP contribution in [0.2, 0.25) is 0 Å². The number of aromatic nitrogens is 2. The number of rotatable bonds is 0. The molecule has 1 aromatic carbocycles. The van der Waals surface area contributed by atoms with Gasteiger partial charge in [0.1, 0.15) is 11.0 Å². The second-order valence-electron chi connectivity index (χ2n) is 2.63. The highest BCUT2D eigenvalue weighted by atomic mass is 19.2. The predicted molar refractivity (Wildman–Crippen MR) is 42.2 cm³/mol. The molecule has 1 heterocycles. The molecule has 0 aliphatic carbocycles. The molecule has 0 atom stereocenters. The van der Waals surface area contributed by atoms with Crippen LogP contribution in [0, 0.1) is 17.5 Å². The SMILES string of the molecule is O=c1cnc2c(F)cc(F)c(F)c2[nH]1. The Balaban J connectivity index is 3.02. The van der Waals surface area contributed by atoms with E-state index in [9.17, 15) is 18.0 Å². The number of hydrogen-bond acceptors (Lipinski definition) is 2. The zero-order valence-corrected chi connectivity index (χ0v) is 6.64. The molecule has 2 aromatic rings. The molecule has 0 spiro atoms. The lowest BCUT2D eigenvalue weighted by molar-refractivity contribution is 0.503. The van der Waals surface area contributed by atoms with Gasteiger partial charge in [-0.15, -0.1) is 0 Å². The molecule has 1 aromatic heterocycles. The lowest BCUT2D eigenvalue weighted by atomic mass is 10.2. The van der Waals surface area contributed by atoms with Crippen molar-refractivity contribution in [1.29, 1.82) is 0 Å². The van der Waals surface area contributed by atoms with Crippen molar-refractivity contribution in [2.75, 3.05) is 0 Å². The molecule has 72 valence electrons. The minimum absolute atomic E-state index is 0.378. The lowest BCUT2D eigenvalue weighted by Gasteiger charge is -1.99. The highest BCUT2D eigenvalue weighted by Gasteiger charge is 2.13. The smallest absolute Gasteiger partial charge is 0.266 e. The van der Waals surface area contributed by atoms with Crippen LogP contribution in [0.15, 0.2) is 17.1 Å². The van der Waals surface area contributed by atoms with Crippen LogP contribution in [0.3, 0.4) is 0 Å². The van der Waals surface area contributed by atoms with Crippen LogP contribution in [0.5, 0.6) is 0 Å². The molecule has 0 bridgehead atoms. The average Bonchev–Trinajstić information content (AvgIpc) is 2.14. The Bertz CT molecular complexity index is 564. The second-order valence-corrected chi connectivity index (χ2v) is 2.63. The van der Waals surface area contributed by atoms with Gasteiger partial charge in [-0.1, -0.05) is 0 Å². The van der Waals surface area contributed by atoms with E-state index >= 15 is 0 Å². The third kappa shape index (κ3) is 1.15. The fourth-order valence-electron chi connectivity index (χ4n) is 1.10. The van der Waals surface area contributed by atoms with Gasteiger partial charge in [0.15, 0.2) is 17.5 Å². The number of nitrogens with zero attached hydrogens (tertiary/aromatic N) is 1. The number of hydrogen-bond donors (Lipinski definition) is 1. The Labute approximate surface area is 75.2 Å². The first-order valence-electron chi connectivity index (χ1n) is 3.62. The zero-order valence-electron chi connectivity index (χ0n) is 6.64. The number of benzene rings is 1. The Hall–Kier alpha value is -1.85. The van der Waals surface area contributed by atoms with Crippen molar-refractivity contribution in [1.82, 2.24) is 9.97 Å². The Kier molecular flexibility index (Phi) is 1.77. The van der Waals surface area contributed by atoms with Gasteiger partial charge in [-0.05, 0) is 0 Å². The van der Waals surface area contributed by atoms with Crippen molar-refractivity contribution in [3.05, 3.63) is 40.1 Å². The number of nitrogens with one attached hydrogen (secondary N) is 1. The van der Waals surface area contributed by atoms with Crippen LogP contribution >= 0.6 is 0 Å². The van der Waals surface area contributed by atoms with Crippen molar-refractivity contribution >= 4 is 11.0 Å². The van der Waals surface area contributed by atoms with E-state index in [0.29, 0.717) is 6.07 Å². The average molecular weight is 200 g/mol. The van der Waals surface area contributed by atoms with Crippen LogP contribution in [0.4, 0.5) is 13.2 Å². The van der Waals surface area contributed by atoms with E-state index in [2.05, 4.69) is 4.98 Å². The van der Waals surface area contributed by atoms with Crippen molar-refractivity contribution in [3.8, 4) is 0 Å². The minimum Gasteiger partial charge on any atom is -0.317 e. The van der Waals surface area contributed by atoms with Crippen molar-refractivity contribution < 1.29 is 13.2 Å². The largest absolute Gasteiger partial charge is 0.317 e. The van der Waals surface area contributed by atoms with E-state index in [-0.39, 0.29) is 0 Å². The molecule has 1 N–H and O–H groups in total. The predicted octanol–water partition coefficient (Wildman–Crippen LogP) is 1.34. The molecule has 3 nitrogen and oxygen atoms in total. The van der Waals surface area contributed by atoms with Gasteiger partial charge in [-0.25, -0.2) is 18.2 Å². The highest BCUT2D eigenvalue weighted by molar-refractivity contribution is 5.75. The van der Waals surface area contributed by atoms with Crippen LogP contribution in [0.25, 0.3) is 11.0 Å². The molecule has 0 amide bonds. The molecule has 0 saturated carbocycles. The lowest BCUT2D eigenvalue weighted by Crippen LogP contribution is -2.08. The van der Waals surface area contributed by atoms with E-state index in [1.54, 1.807) is 0 Å². The summed E-state index contributed by atoms with van der Waals surface area (Å²) in [5, 5.41) is 0. The van der Waals surface area contributed by atoms with Crippen molar-refractivity contribution in [2.24, 2.45) is 0 Å². The highest BCUT2D eigenvalue weighted by Crippen LogP contribution is 2.18. The second kappa shape index (κ2) is 2.83. The third-order valence-corrected chi connectivity index (χ3v) is 1.70. The van der Waals surface area contributed by atoms with E-state index in [1.807, 2.05) is 4.98 Å². The van der Waals surface area contributed by atoms with Crippen molar-refractivity contribution in [2.45, 2.75) is 0 Å². The molecule has 2 rings (SSSR count). The molecule has 0 unspecified atom stereocenters. The standard InChI is InChI=1S/C8H3F3N2O/c9-3-1-4(10)7-8(6(3)11)13-5(14)2-12-7/h1-2H,(H,13,14). The summed E-state index contributed by atoms with van der Waals surface area (Å²) in [7, 11) is 0. The number of halogens is 3. The number of H-pyrrole nitrogens is 1. The molecule has 6 heteroatoms. The monoisotopic (exact) mass is 200 g/mol. The molecule has 14 heavy (non-hydrogen) atoms. The van der Waals surface area contributed by atoms with Crippen LogP contribution in [-0.2, 0) is 0 Å². The minimum atomic E-state index is -1.36. The van der Waals surface area contributed by atoms with Gasteiger partial charge >= 0.3 is 0 Å².